The largest absolute Gasteiger partial charge is 0.449 e. The first kappa shape index (κ1) is 17.5. The molecule has 0 unspecified atom stereocenters. The summed E-state index contributed by atoms with van der Waals surface area (Å²) in [5.41, 5.74) is 3.29. The van der Waals surface area contributed by atoms with Crippen molar-refractivity contribution in [2.75, 3.05) is 0 Å². The molecule has 2 aromatic carbocycles. The van der Waals surface area contributed by atoms with Crippen LogP contribution in [0.4, 0.5) is 5.69 Å². The second kappa shape index (κ2) is 6.21. The summed E-state index contributed by atoms with van der Waals surface area (Å²) >= 11 is 0. The highest BCUT2D eigenvalue weighted by Crippen LogP contribution is 2.55. The van der Waals surface area contributed by atoms with Gasteiger partial charge in [0.25, 0.3) is 5.69 Å². The Hall–Kier alpha value is -2.60. The lowest BCUT2D eigenvalue weighted by Crippen LogP contribution is -2.34. The molecular weight excluding hydrogens is 358 g/mol. The molecule has 2 aromatic rings. The van der Waals surface area contributed by atoms with Crippen molar-refractivity contribution in [3.8, 4) is 11.5 Å². The molecule has 0 N–H and O–H groups in total. The van der Waals surface area contributed by atoms with Crippen molar-refractivity contribution < 1.29 is 19.1 Å². The van der Waals surface area contributed by atoms with Gasteiger partial charge in [0, 0.05) is 37.5 Å². The van der Waals surface area contributed by atoms with Crippen molar-refractivity contribution in [2.24, 2.45) is 0 Å². The molecular formula is C22H23NO5. The molecule has 1 aliphatic carbocycles. The summed E-state index contributed by atoms with van der Waals surface area (Å²) in [4.78, 5) is 10.6. The SMILES string of the molecule is CC1(C)Oc2ccc3c(c2O1)[C@H]1CCCC[C@@H]1O[C@@H]3c1ccc([N+](=O)[O-])cc1. The second-order valence-corrected chi connectivity index (χ2v) is 8.29. The van der Waals surface area contributed by atoms with Crippen LogP contribution in [0.15, 0.2) is 36.4 Å². The van der Waals surface area contributed by atoms with E-state index in [0.717, 1.165) is 41.9 Å². The van der Waals surface area contributed by atoms with E-state index >= 15 is 0 Å². The predicted molar refractivity (Wildman–Crippen MR) is 103 cm³/mol. The van der Waals surface area contributed by atoms with Gasteiger partial charge in [-0.1, -0.05) is 18.9 Å². The monoisotopic (exact) mass is 381 g/mol. The minimum atomic E-state index is -0.678. The number of ether oxygens (including phenoxy) is 3. The highest BCUT2D eigenvalue weighted by atomic mass is 16.7. The van der Waals surface area contributed by atoms with Gasteiger partial charge < -0.3 is 14.2 Å². The molecule has 5 rings (SSSR count). The summed E-state index contributed by atoms with van der Waals surface area (Å²) in [7, 11) is 0. The molecule has 1 saturated carbocycles. The topological polar surface area (TPSA) is 70.8 Å². The Morgan fingerprint density at radius 3 is 2.54 bits per heavy atom. The number of non-ortho nitro benzene ring substituents is 1. The average molecular weight is 381 g/mol. The number of nitro groups is 1. The van der Waals surface area contributed by atoms with Crippen molar-refractivity contribution in [3.05, 3.63) is 63.2 Å². The first-order chi connectivity index (χ1) is 13.4. The molecule has 28 heavy (non-hydrogen) atoms. The minimum Gasteiger partial charge on any atom is -0.449 e. The number of hydrogen-bond donors (Lipinski definition) is 0. The number of nitrogens with zero attached hydrogens (tertiary/aromatic N) is 1. The van der Waals surface area contributed by atoms with Crippen LogP contribution in [-0.4, -0.2) is 16.8 Å². The van der Waals surface area contributed by atoms with Gasteiger partial charge >= 0.3 is 0 Å². The summed E-state index contributed by atoms with van der Waals surface area (Å²) in [6, 6.07) is 10.7. The Balaban J connectivity index is 1.63. The van der Waals surface area contributed by atoms with E-state index in [4.69, 9.17) is 14.2 Å². The van der Waals surface area contributed by atoms with Crippen molar-refractivity contribution in [1.82, 2.24) is 0 Å². The van der Waals surface area contributed by atoms with E-state index < -0.39 is 5.79 Å². The van der Waals surface area contributed by atoms with E-state index in [1.54, 1.807) is 24.3 Å². The molecule has 0 amide bonds. The van der Waals surface area contributed by atoms with Crippen LogP contribution in [0, 0.1) is 10.1 Å². The summed E-state index contributed by atoms with van der Waals surface area (Å²) in [5.74, 6) is 1.25. The molecule has 0 spiro atoms. The van der Waals surface area contributed by atoms with Crippen LogP contribution in [0.1, 0.15) is 68.2 Å². The molecule has 0 radical (unpaired) electrons. The minimum absolute atomic E-state index is 0.0859. The summed E-state index contributed by atoms with van der Waals surface area (Å²) in [5, 5.41) is 11.0. The van der Waals surface area contributed by atoms with Crippen LogP contribution in [-0.2, 0) is 4.74 Å². The molecule has 3 atom stereocenters. The van der Waals surface area contributed by atoms with Crippen LogP contribution in [0.2, 0.25) is 0 Å². The Bertz CT molecular complexity index is 937. The molecule has 0 bridgehead atoms. The van der Waals surface area contributed by atoms with Gasteiger partial charge in [0.15, 0.2) is 11.5 Å². The zero-order valence-corrected chi connectivity index (χ0v) is 16.0. The lowest BCUT2D eigenvalue weighted by Gasteiger charge is -2.41. The molecule has 0 aromatic heterocycles. The van der Waals surface area contributed by atoms with Gasteiger partial charge in [0.1, 0.15) is 6.10 Å². The fourth-order valence-electron chi connectivity index (χ4n) is 4.79. The summed E-state index contributed by atoms with van der Waals surface area (Å²) in [6.45, 7) is 3.84. The lowest BCUT2D eigenvalue weighted by atomic mass is 9.75. The average Bonchev–Trinajstić information content (AvgIpc) is 3.01. The molecule has 2 aliphatic heterocycles. The molecule has 0 saturated heterocycles. The maximum Gasteiger partial charge on any atom is 0.269 e. The van der Waals surface area contributed by atoms with E-state index in [1.807, 2.05) is 19.9 Å². The highest BCUT2D eigenvalue weighted by Gasteiger charge is 2.44. The fourth-order valence-corrected chi connectivity index (χ4v) is 4.79. The standard InChI is InChI=1S/C22H23NO5/c1-22(2)27-18-12-11-16-19(21(18)28-22)15-5-3-4-6-17(15)26-20(16)13-7-9-14(10-8-13)23(24)25/h7-12,15,17,20H,3-6H2,1-2H3/t15-,17-,20+/m0/s1. The fraction of sp³-hybridized carbons (Fsp3) is 0.455. The van der Waals surface area contributed by atoms with Gasteiger partial charge in [-0.05, 0) is 42.2 Å². The van der Waals surface area contributed by atoms with Gasteiger partial charge in [-0.25, -0.2) is 0 Å². The van der Waals surface area contributed by atoms with Crippen LogP contribution in [0.5, 0.6) is 11.5 Å². The van der Waals surface area contributed by atoms with Crippen LogP contribution >= 0.6 is 0 Å². The summed E-state index contributed by atoms with van der Waals surface area (Å²) < 4.78 is 18.7. The Labute approximate surface area is 163 Å². The predicted octanol–water partition coefficient (Wildman–Crippen LogP) is 5.25. The number of benzene rings is 2. The zero-order valence-electron chi connectivity index (χ0n) is 16.0. The molecule has 3 aliphatic rings. The molecule has 146 valence electrons. The third kappa shape index (κ3) is 2.75. The summed E-state index contributed by atoms with van der Waals surface area (Å²) in [6.07, 6.45) is 4.29. The Morgan fingerprint density at radius 2 is 1.79 bits per heavy atom. The van der Waals surface area contributed by atoms with Gasteiger partial charge in [-0.2, -0.15) is 0 Å². The third-order valence-electron chi connectivity index (χ3n) is 5.97. The molecule has 1 fully saturated rings. The molecule has 6 nitrogen and oxygen atoms in total. The Morgan fingerprint density at radius 1 is 1.04 bits per heavy atom. The number of hydrogen-bond acceptors (Lipinski definition) is 5. The van der Waals surface area contributed by atoms with Gasteiger partial charge in [0.05, 0.1) is 11.0 Å². The first-order valence-electron chi connectivity index (χ1n) is 9.87. The van der Waals surface area contributed by atoms with E-state index in [1.165, 1.54) is 12.0 Å². The smallest absolute Gasteiger partial charge is 0.269 e. The van der Waals surface area contributed by atoms with Crippen molar-refractivity contribution >= 4 is 5.69 Å². The normalized spacial score (nSPS) is 27.0. The molecule has 2 heterocycles. The van der Waals surface area contributed by atoms with Crippen LogP contribution in [0.25, 0.3) is 0 Å². The number of nitro benzene ring substituents is 1. The van der Waals surface area contributed by atoms with Crippen molar-refractivity contribution in [3.63, 3.8) is 0 Å². The van der Waals surface area contributed by atoms with Gasteiger partial charge in [0.2, 0.25) is 5.79 Å². The maximum atomic E-state index is 11.0. The van der Waals surface area contributed by atoms with E-state index in [2.05, 4.69) is 6.07 Å². The van der Waals surface area contributed by atoms with E-state index in [9.17, 15) is 10.1 Å². The van der Waals surface area contributed by atoms with Gasteiger partial charge in [-0.15, -0.1) is 0 Å². The van der Waals surface area contributed by atoms with Gasteiger partial charge in [-0.3, -0.25) is 10.1 Å². The van der Waals surface area contributed by atoms with Crippen LogP contribution < -0.4 is 9.47 Å². The number of rotatable bonds is 2. The zero-order chi connectivity index (χ0) is 19.5. The number of fused-ring (bicyclic) bond motifs is 5. The Kier molecular flexibility index (Phi) is 3.88. The maximum absolute atomic E-state index is 11.0. The first-order valence-corrected chi connectivity index (χ1v) is 9.87. The van der Waals surface area contributed by atoms with Crippen molar-refractivity contribution in [2.45, 2.75) is 63.4 Å². The quantitative estimate of drug-likeness (QED) is 0.525. The highest BCUT2D eigenvalue weighted by molar-refractivity contribution is 5.58. The molecule has 6 heteroatoms. The van der Waals surface area contributed by atoms with E-state index in [0.29, 0.717) is 5.92 Å². The second-order valence-electron chi connectivity index (χ2n) is 8.29. The van der Waals surface area contributed by atoms with E-state index in [-0.39, 0.29) is 22.8 Å². The van der Waals surface area contributed by atoms with Crippen molar-refractivity contribution in [1.29, 1.82) is 0 Å². The van der Waals surface area contributed by atoms with Crippen LogP contribution in [0.3, 0.4) is 0 Å². The third-order valence-corrected chi connectivity index (χ3v) is 5.97. The lowest BCUT2D eigenvalue weighted by molar-refractivity contribution is -0.384.